The Morgan fingerprint density at radius 3 is 2.69 bits per heavy atom. The SMILES string of the molecule is CCOc1ccc(F)c(-c2ccc(Nc3ccccc3C(=O)O)cn2)c1. The Morgan fingerprint density at radius 2 is 2.00 bits per heavy atom. The Labute approximate surface area is 150 Å². The van der Waals surface area contributed by atoms with E-state index in [1.807, 2.05) is 6.92 Å². The van der Waals surface area contributed by atoms with Crippen molar-refractivity contribution in [3.63, 3.8) is 0 Å². The second-order valence-electron chi connectivity index (χ2n) is 5.48. The minimum atomic E-state index is -1.02. The molecule has 0 unspecified atom stereocenters. The molecule has 6 heteroatoms. The third kappa shape index (κ3) is 3.80. The average Bonchev–Trinajstić information content (AvgIpc) is 2.64. The third-order valence-corrected chi connectivity index (χ3v) is 3.72. The van der Waals surface area contributed by atoms with Gasteiger partial charge in [0.1, 0.15) is 11.6 Å². The summed E-state index contributed by atoms with van der Waals surface area (Å²) in [5.74, 6) is -0.839. The van der Waals surface area contributed by atoms with Gasteiger partial charge < -0.3 is 15.2 Å². The van der Waals surface area contributed by atoms with Crippen molar-refractivity contribution in [3.05, 3.63) is 72.2 Å². The predicted octanol–water partition coefficient (Wildman–Crippen LogP) is 4.73. The van der Waals surface area contributed by atoms with E-state index in [1.54, 1.807) is 42.5 Å². The van der Waals surface area contributed by atoms with Crippen molar-refractivity contribution >= 4 is 17.3 Å². The number of benzene rings is 2. The molecule has 0 amide bonds. The maximum atomic E-state index is 14.1. The Morgan fingerprint density at radius 1 is 1.19 bits per heavy atom. The topological polar surface area (TPSA) is 71.5 Å². The van der Waals surface area contributed by atoms with Crippen LogP contribution in [0.3, 0.4) is 0 Å². The number of ether oxygens (including phenoxy) is 1. The van der Waals surface area contributed by atoms with Crippen LogP contribution in [0, 0.1) is 5.82 Å². The molecule has 0 fully saturated rings. The molecule has 26 heavy (non-hydrogen) atoms. The van der Waals surface area contributed by atoms with Crippen LogP contribution in [0.4, 0.5) is 15.8 Å². The minimum Gasteiger partial charge on any atom is -0.494 e. The van der Waals surface area contributed by atoms with Crippen molar-refractivity contribution in [2.75, 3.05) is 11.9 Å². The molecule has 0 saturated heterocycles. The van der Waals surface area contributed by atoms with Crippen molar-refractivity contribution < 1.29 is 19.0 Å². The standard InChI is InChI=1S/C20H17FN2O3/c1-2-26-14-8-9-17(21)16(11-14)18-10-7-13(12-22-18)23-19-6-4-3-5-15(19)20(24)25/h3-12,23H,2H2,1H3,(H,24,25). The van der Waals surface area contributed by atoms with E-state index in [1.165, 1.54) is 18.3 Å². The lowest BCUT2D eigenvalue weighted by Gasteiger charge is -2.10. The van der Waals surface area contributed by atoms with Crippen LogP contribution in [0.5, 0.6) is 5.75 Å². The number of aromatic nitrogens is 1. The first-order valence-corrected chi connectivity index (χ1v) is 8.06. The summed E-state index contributed by atoms with van der Waals surface area (Å²) in [7, 11) is 0. The summed E-state index contributed by atoms with van der Waals surface area (Å²) in [5, 5.41) is 12.2. The van der Waals surface area contributed by atoms with Gasteiger partial charge in [0.25, 0.3) is 0 Å². The van der Waals surface area contributed by atoms with Crippen molar-refractivity contribution in [2.24, 2.45) is 0 Å². The molecule has 3 rings (SSSR count). The lowest BCUT2D eigenvalue weighted by molar-refractivity contribution is 0.0698. The summed E-state index contributed by atoms with van der Waals surface area (Å²) in [6.07, 6.45) is 1.53. The molecule has 0 aliphatic heterocycles. The number of aromatic carboxylic acids is 1. The van der Waals surface area contributed by atoms with Crippen LogP contribution in [0.1, 0.15) is 17.3 Å². The van der Waals surface area contributed by atoms with Gasteiger partial charge in [-0.15, -0.1) is 0 Å². The van der Waals surface area contributed by atoms with E-state index in [2.05, 4.69) is 10.3 Å². The zero-order valence-electron chi connectivity index (χ0n) is 14.1. The summed E-state index contributed by atoms with van der Waals surface area (Å²) >= 11 is 0. The van der Waals surface area contributed by atoms with Crippen LogP contribution in [0.2, 0.25) is 0 Å². The first-order valence-electron chi connectivity index (χ1n) is 8.06. The molecule has 0 aliphatic carbocycles. The number of carbonyl (C=O) groups is 1. The van der Waals surface area contributed by atoms with Crippen LogP contribution >= 0.6 is 0 Å². The third-order valence-electron chi connectivity index (χ3n) is 3.72. The van der Waals surface area contributed by atoms with Crippen LogP contribution in [0.15, 0.2) is 60.8 Å². The molecule has 132 valence electrons. The smallest absolute Gasteiger partial charge is 0.337 e. The largest absolute Gasteiger partial charge is 0.494 e. The van der Waals surface area contributed by atoms with Gasteiger partial charge >= 0.3 is 5.97 Å². The summed E-state index contributed by atoms with van der Waals surface area (Å²) in [4.78, 5) is 15.5. The number of anilines is 2. The van der Waals surface area contributed by atoms with Crippen molar-refractivity contribution in [3.8, 4) is 17.0 Å². The second-order valence-corrected chi connectivity index (χ2v) is 5.48. The van der Waals surface area contributed by atoms with E-state index in [9.17, 15) is 14.3 Å². The number of pyridine rings is 1. The number of para-hydroxylation sites is 1. The molecular weight excluding hydrogens is 335 g/mol. The van der Waals surface area contributed by atoms with Crippen molar-refractivity contribution in [1.29, 1.82) is 0 Å². The number of carboxylic acid groups (broad SMARTS) is 1. The fourth-order valence-electron chi connectivity index (χ4n) is 2.52. The van der Waals surface area contributed by atoms with Gasteiger partial charge in [0.2, 0.25) is 0 Å². The fourth-order valence-corrected chi connectivity index (χ4v) is 2.52. The summed E-state index contributed by atoms with van der Waals surface area (Å²) in [6.45, 7) is 2.35. The lowest BCUT2D eigenvalue weighted by atomic mass is 10.1. The Bertz CT molecular complexity index is 927. The van der Waals surface area contributed by atoms with E-state index in [4.69, 9.17) is 4.74 Å². The maximum absolute atomic E-state index is 14.1. The molecule has 3 aromatic rings. The van der Waals surface area contributed by atoms with Crippen LogP contribution in [0.25, 0.3) is 11.3 Å². The van der Waals surface area contributed by atoms with Crippen molar-refractivity contribution in [2.45, 2.75) is 6.92 Å². The number of carboxylic acids is 1. The van der Waals surface area contributed by atoms with E-state index >= 15 is 0 Å². The predicted molar refractivity (Wildman–Crippen MR) is 97.5 cm³/mol. The maximum Gasteiger partial charge on any atom is 0.337 e. The number of nitrogens with zero attached hydrogens (tertiary/aromatic N) is 1. The van der Waals surface area contributed by atoms with Crippen molar-refractivity contribution in [1.82, 2.24) is 4.98 Å². The molecule has 0 saturated carbocycles. The minimum absolute atomic E-state index is 0.159. The molecule has 0 bridgehead atoms. The molecule has 0 atom stereocenters. The van der Waals surface area contributed by atoms with Gasteiger partial charge in [0.05, 0.1) is 35.4 Å². The van der Waals surface area contributed by atoms with E-state index in [-0.39, 0.29) is 5.56 Å². The molecule has 0 aliphatic rings. The highest BCUT2D eigenvalue weighted by molar-refractivity contribution is 5.95. The Kier molecular flexibility index (Phi) is 5.12. The van der Waals surface area contributed by atoms with Gasteiger partial charge in [-0.1, -0.05) is 12.1 Å². The van der Waals surface area contributed by atoms with Gasteiger partial charge in [-0.3, -0.25) is 4.98 Å². The molecule has 0 spiro atoms. The molecule has 5 nitrogen and oxygen atoms in total. The van der Waals surface area contributed by atoms with Gasteiger partial charge in [-0.05, 0) is 49.4 Å². The summed E-state index contributed by atoms with van der Waals surface area (Å²) in [5.41, 5.74) is 2.02. The van der Waals surface area contributed by atoms with Gasteiger partial charge in [0.15, 0.2) is 0 Å². The second kappa shape index (κ2) is 7.65. The number of hydrogen-bond donors (Lipinski definition) is 2. The zero-order chi connectivity index (χ0) is 18.5. The fraction of sp³-hybridized carbons (Fsp3) is 0.100. The highest BCUT2D eigenvalue weighted by Crippen LogP contribution is 2.27. The lowest BCUT2D eigenvalue weighted by Crippen LogP contribution is -2.02. The van der Waals surface area contributed by atoms with Gasteiger partial charge in [-0.2, -0.15) is 0 Å². The van der Waals surface area contributed by atoms with Crippen LogP contribution in [-0.2, 0) is 0 Å². The van der Waals surface area contributed by atoms with Gasteiger partial charge in [-0.25, -0.2) is 9.18 Å². The highest BCUT2D eigenvalue weighted by atomic mass is 19.1. The Hall–Kier alpha value is -3.41. The zero-order valence-corrected chi connectivity index (χ0v) is 14.1. The molecule has 0 radical (unpaired) electrons. The number of rotatable bonds is 6. The normalized spacial score (nSPS) is 10.4. The van der Waals surface area contributed by atoms with Crippen LogP contribution in [-0.4, -0.2) is 22.7 Å². The number of hydrogen-bond acceptors (Lipinski definition) is 4. The quantitative estimate of drug-likeness (QED) is 0.671. The molecule has 1 heterocycles. The van der Waals surface area contributed by atoms with Crippen LogP contribution < -0.4 is 10.1 Å². The molecule has 1 aromatic heterocycles. The molecule has 2 aromatic carbocycles. The number of halogens is 1. The highest BCUT2D eigenvalue weighted by Gasteiger charge is 2.11. The monoisotopic (exact) mass is 352 g/mol. The van der Waals surface area contributed by atoms with E-state index in [0.717, 1.165) is 0 Å². The molecule has 2 N–H and O–H groups in total. The molecular formula is C20H17FN2O3. The first-order chi connectivity index (χ1) is 12.6. The summed E-state index contributed by atoms with van der Waals surface area (Å²) in [6, 6.07) is 14.5. The summed E-state index contributed by atoms with van der Waals surface area (Å²) < 4.78 is 19.5. The first kappa shape index (κ1) is 17.4. The Balaban J connectivity index is 1.86. The number of nitrogens with one attached hydrogen (secondary N) is 1. The van der Waals surface area contributed by atoms with E-state index < -0.39 is 11.8 Å². The van der Waals surface area contributed by atoms with Gasteiger partial charge in [0, 0.05) is 5.56 Å². The average molecular weight is 352 g/mol. The van der Waals surface area contributed by atoms with E-state index in [0.29, 0.717) is 35.0 Å².